The maximum atomic E-state index is 12.9. The second-order valence-corrected chi connectivity index (χ2v) is 4.08. The van der Waals surface area contributed by atoms with Crippen LogP contribution in [0.4, 0.5) is 13.2 Å². The summed E-state index contributed by atoms with van der Waals surface area (Å²) in [5.74, 6) is 0. The van der Waals surface area contributed by atoms with Gasteiger partial charge >= 0.3 is 11.8 Å². The smallest absolute Gasteiger partial charge is 0.422 e. The molecule has 19 heavy (non-hydrogen) atoms. The van der Waals surface area contributed by atoms with Crippen molar-refractivity contribution < 1.29 is 17.6 Å². The van der Waals surface area contributed by atoms with Crippen LogP contribution >= 0.6 is 0 Å². The highest BCUT2D eigenvalue weighted by molar-refractivity contribution is 6.03. The standard InChI is InChI=1S/C12H7F3N2O2/c1-17-9-6-4-2-3-5-7(6)19-11(18)8(9)10(16-17)12(13,14)15/h2-5H,1H3. The monoisotopic (exact) mass is 268 g/mol. The molecule has 0 fully saturated rings. The lowest BCUT2D eigenvalue weighted by Gasteiger charge is -2.01. The van der Waals surface area contributed by atoms with Crippen LogP contribution in [0.5, 0.6) is 0 Å². The molecule has 0 aliphatic rings. The van der Waals surface area contributed by atoms with Gasteiger partial charge in [0.15, 0.2) is 5.69 Å². The molecule has 0 radical (unpaired) electrons. The van der Waals surface area contributed by atoms with Crippen molar-refractivity contribution in [2.24, 2.45) is 7.05 Å². The van der Waals surface area contributed by atoms with Gasteiger partial charge in [-0.1, -0.05) is 12.1 Å². The van der Waals surface area contributed by atoms with E-state index >= 15 is 0 Å². The summed E-state index contributed by atoms with van der Waals surface area (Å²) < 4.78 is 44.5. The first-order valence-electron chi connectivity index (χ1n) is 5.35. The van der Waals surface area contributed by atoms with Crippen molar-refractivity contribution in [2.75, 3.05) is 0 Å². The highest BCUT2D eigenvalue weighted by Crippen LogP contribution is 2.34. The summed E-state index contributed by atoms with van der Waals surface area (Å²) in [6.45, 7) is 0. The Morgan fingerprint density at radius 1 is 1.26 bits per heavy atom. The van der Waals surface area contributed by atoms with Crippen LogP contribution in [0.1, 0.15) is 5.69 Å². The first kappa shape index (κ1) is 11.8. The fourth-order valence-electron chi connectivity index (χ4n) is 2.13. The van der Waals surface area contributed by atoms with Crippen molar-refractivity contribution >= 4 is 21.9 Å². The lowest BCUT2D eigenvalue weighted by atomic mass is 10.1. The first-order valence-corrected chi connectivity index (χ1v) is 5.35. The Hall–Kier alpha value is -2.31. The molecule has 0 aliphatic carbocycles. The van der Waals surface area contributed by atoms with Gasteiger partial charge in [-0.2, -0.15) is 18.3 Å². The van der Waals surface area contributed by atoms with Crippen LogP contribution in [0.25, 0.3) is 21.9 Å². The molecule has 0 N–H and O–H groups in total. The van der Waals surface area contributed by atoms with Gasteiger partial charge in [0.25, 0.3) is 0 Å². The van der Waals surface area contributed by atoms with Crippen LogP contribution in [0.2, 0.25) is 0 Å². The van der Waals surface area contributed by atoms with E-state index in [1.807, 2.05) is 0 Å². The lowest BCUT2D eigenvalue weighted by molar-refractivity contribution is -0.140. The molecule has 0 saturated carbocycles. The number of hydrogen-bond acceptors (Lipinski definition) is 3. The van der Waals surface area contributed by atoms with Crippen molar-refractivity contribution in [3.63, 3.8) is 0 Å². The van der Waals surface area contributed by atoms with E-state index in [0.717, 1.165) is 4.68 Å². The average Bonchev–Trinajstić information content (AvgIpc) is 2.68. The second kappa shape index (κ2) is 3.59. The van der Waals surface area contributed by atoms with E-state index < -0.39 is 22.9 Å². The van der Waals surface area contributed by atoms with Crippen molar-refractivity contribution in [1.29, 1.82) is 0 Å². The zero-order chi connectivity index (χ0) is 13.8. The van der Waals surface area contributed by atoms with E-state index in [0.29, 0.717) is 5.39 Å². The third-order valence-corrected chi connectivity index (χ3v) is 2.86. The molecule has 2 heterocycles. The zero-order valence-electron chi connectivity index (χ0n) is 9.65. The van der Waals surface area contributed by atoms with E-state index in [-0.39, 0.29) is 11.1 Å². The van der Waals surface area contributed by atoms with E-state index in [9.17, 15) is 18.0 Å². The summed E-state index contributed by atoms with van der Waals surface area (Å²) in [6.07, 6.45) is -4.70. The van der Waals surface area contributed by atoms with Crippen LogP contribution < -0.4 is 5.63 Å². The van der Waals surface area contributed by atoms with Crippen molar-refractivity contribution in [3.8, 4) is 0 Å². The molecule has 0 bridgehead atoms. The predicted octanol–water partition coefficient (Wildman–Crippen LogP) is 2.70. The molecular formula is C12H7F3N2O2. The number of para-hydroxylation sites is 1. The number of alkyl halides is 3. The number of halogens is 3. The summed E-state index contributed by atoms with van der Waals surface area (Å²) in [5.41, 5.74) is -1.89. The van der Waals surface area contributed by atoms with E-state index in [4.69, 9.17) is 4.42 Å². The van der Waals surface area contributed by atoms with Crippen molar-refractivity contribution in [3.05, 3.63) is 40.4 Å². The number of rotatable bonds is 0. The Morgan fingerprint density at radius 2 is 1.95 bits per heavy atom. The molecule has 2 aromatic heterocycles. The number of benzene rings is 1. The number of fused-ring (bicyclic) bond motifs is 3. The van der Waals surface area contributed by atoms with Gasteiger partial charge in [-0.15, -0.1) is 0 Å². The average molecular weight is 268 g/mol. The lowest BCUT2D eigenvalue weighted by Crippen LogP contribution is -2.10. The molecular weight excluding hydrogens is 261 g/mol. The second-order valence-electron chi connectivity index (χ2n) is 4.08. The minimum atomic E-state index is -4.70. The largest absolute Gasteiger partial charge is 0.436 e. The summed E-state index contributed by atoms with van der Waals surface area (Å²) >= 11 is 0. The Balaban J connectivity index is 2.61. The minimum absolute atomic E-state index is 0.124. The maximum Gasteiger partial charge on any atom is 0.436 e. The molecule has 0 atom stereocenters. The molecule has 7 heteroatoms. The van der Waals surface area contributed by atoms with Gasteiger partial charge < -0.3 is 4.42 Å². The molecule has 0 aliphatic heterocycles. The van der Waals surface area contributed by atoms with E-state index in [2.05, 4.69) is 5.10 Å². The highest BCUT2D eigenvalue weighted by Gasteiger charge is 2.38. The molecule has 98 valence electrons. The fraction of sp³-hybridized carbons (Fsp3) is 0.167. The molecule has 0 unspecified atom stereocenters. The van der Waals surface area contributed by atoms with Crippen LogP contribution in [0.15, 0.2) is 33.5 Å². The van der Waals surface area contributed by atoms with Gasteiger partial charge in [0, 0.05) is 12.4 Å². The van der Waals surface area contributed by atoms with Crippen LogP contribution in [-0.2, 0) is 13.2 Å². The summed E-state index contributed by atoms with van der Waals surface area (Å²) in [7, 11) is 1.36. The quantitative estimate of drug-likeness (QED) is 0.589. The van der Waals surface area contributed by atoms with Crippen LogP contribution in [0.3, 0.4) is 0 Å². The minimum Gasteiger partial charge on any atom is -0.422 e. The molecule has 0 spiro atoms. The van der Waals surface area contributed by atoms with Crippen molar-refractivity contribution in [1.82, 2.24) is 9.78 Å². The Morgan fingerprint density at radius 3 is 2.63 bits per heavy atom. The molecule has 3 aromatic rings. The summed E-state index contributed by atoms with van der Waals surface area (Å²) in [4.78, 5) is 11.8. The maximum absolute atomic E-state index is 12.9. The van der Waals surface area contributed by atoms with Crippen LogP contribution in [0, 0.1) is 0 Å². The van der Waals surface area contributed by atoms with Gasteiger partial charge in [0.05, 0.1) is 5.52 Å². The van der Waals surface area contributed by atoms with E-state index in [1.54, 1.807) is 18.2 Å². The molecule has 1 aromatic carbocycles. The molecule has 0 saturated heterocycles. The molecule has 4 nitrogen and oxygen atoms in total. The topological polar surface area (TPSA) is 48.0 Å². The summed E-state index contributed by atoms with van der Waals surface area (Å²) in [6, 6.07) is 6.40. The SMILES string of the molecule is Cn1nc(C(F)(F)F)c2c(=O)oc3ccccc3c21. The third kappa shape index (κ3) is 1.61. The van der Waals surface area contributed by atoms with E-state index in [1.165, 1.54) is 13.1 Å². The number of aryl methyl sites for hydroxylation is 1. The van der Waals surface area contributed by atoms with Gasteiger partial charge in [-0.25, -0.2) is 4.79 Å². The Bertz CT molecular complexity index is 846. The normalized spacial score (nSPS) is 12.4. The fourth-order valence-corrected chi connectivity index (χ4v) is 2.13. The third-order valence-electron chi connectivity index (χ3n) is 2.86. The number of hydrogen-bond donors (Lipinski definition) is 0. The summed E-state index contributed by atoms with van der Waals surface area (Å²) in [5, 5.41) is 3.29. The number of aromatic nitrogens is 2. The van der Waals surface area contributed by atoms with Gasteiger partial charge in [0.2, 0.25) is 0 Å². The molecule has 3 rings (SSSR count). The van der Waals surface area contributed by atoms with Crippen LogP contribution in [-0.4, -0.2) is 9.78 Å². The zero-order valence-corrected chi connectivity index (χ0v) is 9.65. The highest BCUT2D eigenvalue weighted by atomic mass is 19.4. The first-order chi connectivity index (χ1) is 8.89. The Kier molecular flexibility index (Phi) is 2.23. The van der Waals surface area contributed by atoms with Gasteiger partial charge in [-0.05, 0) is 12.1 Å². The Labute approximate surface area is 104 Å². The molecule has 0 amide bonds. The van der Waals surface area contributed by atoms with Crippen molar-refractivity contribution in [2.45, 2.75) is 6.18 Å². The van der Waals surface area contributed by atoms with Gasteiger partial charge in [0.1, 0.15) is 11.0 Å². The van der Waals surface area contributed by atoms with Gasteiger partial charge in [-0.3, -0.25) is 4.68 Å². The number of nitrogens with zero attached hydrogens (tertiary/aromatic N) is 2. The predicted molar refractivity (Wildman–Crippen MR) is 61.8 cm³/mol.